The van der Waals surface area contributed by atoms with Gasteiger partial charge in [-0.05, 0) is 42.3 Å². The van der Waals surface area contributed by atoms with E-state index in [-0.39, 0.29) is 41.9 Å². The number of halogens is 4. The van der Waals surface area contributed by atoms with E-state index in [1.54, 1.807) is 0 Å². The zero-order chi connectivity index (χ0) is 24.6. The second-order valence-corrected chi connectivity index (χ2v) is 8.43. The first-order chi connectivity index (χ1) is 16.0. The summed E-state index contributed by atoms with van der Waals surface area (Å²) in [5, 5.41) is 3.92. The summed E-state index contributed by atoms with van der Waals surface area (Å²) in [4.78, 5) is 53.8. The number of nitrogens with zero attached hydrogens (tertiary/aromatic N) is 2. The van der Waals surface area contributed by atoms with Crippen LogP contribution in [0.1, 0.15) is 50.9 Å². The fourth-order valence-corrected chi connectivity index (χ4v) is 4.21. The summed E-state index contributed by atoms with van der Waals surface area (Å²) in [6.45, 7) is 0.171. The molecule has 0 aliphatic carbocycles. The number of carbonyl (C=O) groups excluding carboxylic acids is 4. The minimum absolute atomic E-state index is 0.0734. The van der Waals surface area contributed by atoms with E-state index in [1.807, 2.05) is 5.32 Å². The molecule has 4 amide bonds. The Hall–Kier alpha value is -3.47. The summed E-state index contributed by atoms with van der Waals surface area (Å²) >= 11 is 5.86. The van der Waals surface area contributed by atoms with Gasteiger partial charge in [-0.15, -0.1) is 0 Å². The van der Waals surface area contributed by atoms with E-state index in [2.05, 4.69) is 10.3 Å². The van der Waals surface area contributed by atoms with E-state index in [4.69, 9.17) is 11.6 Å². The Kier molecular flexibility index (Phi) is 6.30. The van der Waals surface area contributed by atoms with Crippen molar-refractivity contribution >= 4 is 35.2 Å². The molecule has 34 heavy (non-hydrogen) atoms. The number of rotatable bonds is 5. The highest BCUT2D eigenvalue weighted by Crippen LogP contribution is 2.35. The molecule has 178 valence electrons. The Morgan fingerprint density at radius 1 is 1.26 bits per heavy atom. The zero-order valence-corrected chi connectivity index (χ0v) is 18.2. The van der Waals surface area contributed by atoms with Crippen LogP contribution in [-0.2, 0) is 16.1 Å². The van der Waals surface area contributed by atoms with Crippen molar-refractivity contribution in [2.75, 3.05) is 6.54 Å². The Morgan fingerprint density at radius 3 is 2.71 bits per heavy atom. The van der Waals surface area contributed by atoms with Gasteiger partial charge in [-0.1, -0.05) is 11.6 Å². The molecule has 12 heteroatoms. The first-order valence-corrected chi connectivity index (χ1v) is 10.7. The predicted molar refractivity (Wildman–Crippen MR) is 113 cm³/mol. The average molecular weight is 495 g/mol. The Morgan fingerprint density at radius 2 is 2.03 bits per heavy atom. The van der Waals surface area contributed by atoms with Crippen molar-refractivity contribution < 1.29 is 32.3 Å². The third-order valence-electron chi connectivity index (χ3n) is 5.70. The highest BCUT2D eigenvalue weighted by Gasteiger charge is 2.44. The molecule has 0 radical (unpaired) electrons. The first-order valence-electron chi connectivity index (χ1n) is 10.3. The number of imide groups is 1. The minimum atomic E-state index is -4.85. The third-order valence-corrected chi connectivity index (χ3v) is 6.02. The van der Waals surface area contributed by atoms with Gasteiger partial charge in [-0.3, -0.25) is 29.5 Å². The molecule has 3 heterocycles. The SMILES string of the molecule is O=C1CCC(CN2Cc3cc(C(=O)N[C@H](c4ncccc4Cl)C(F)(F)F)ccc3C2=O)C(=O)N1. The second-order valence-electron chi connectivity index (χ2n) is 8.02. The molecule has 0 bridgehead atoms. The van der Waals surface area contributed by atoms with Crippen LogP contribution in [-0.4, -0.2) is 46.2 Å². The molecule has 1 unspecified atom stereocenters. The number of carbonyl (C=O) groups is 4. The maximum Gasteiger partial charge on any atom is 0.414 e. The van der Waals surface area contributed by atoms with E-state index in [0.29, 0.717) is 17.5 Å². The number of hydrogen-bond acceptors (Lipinski definition) is 5. The predicted octanol–water partition coefficient (Wildman–Crippen LogP) is 2.78. The van der Waals surface area contributed by atoms with E-state index in [9.17, 15) is 32.3 Å². The van der Waals surface area contributed by atoms with Gasteiger partial charge in [-0.25, -0.2) is 0 Å². The van der Waals surface area contributed by atoms with Gasteiger partial charge in [0.25, 0.3) is 11.8 Å². The lowest BCUT2D eigenvalue weighted by atomic mass is 9.97. The van der Waals surface area contributed by atoms with Crippen LogP contribution in [0.3, 0.4) is 0 Å². The lowest BCUT2D eigenvalue weighted by molar-refractivity contribution is -0.156. The van der Waals surface area contributed by atoms with Crippen LogP contribution in [0.15, 0.2) is 36.5 Å². The van der Waals surface area contributed by atoms with Crippen molar-refractivity contribution in [1.82, 2.24) is 20.5 Å². The average Bonchev–Trinajstić information content (AvgIpc) is 3.08. The maximum atomic E-state index is 13.6. The highest BCUT2D eigenvalue weighted by atomic mass is 35.5. The highest BCUT2D eigenvalue weighted by molar-refractivity contribution is 6.31. The number of aromatic nitrogens is 1. The van der Waals surface area contributed by atoms with E-state index in [1.165, 1.54) is 35.2 Å². The third kappa shape index (κ3) is 4.74. The summed E-state index contributed by atoms with van der Waals surface area (Å²) in [5.41, 5.74) is 0.140. The van der Waals surface area contributed by atoms with Gasteiger partial charge in [-0.2, -0.15) is 13.2 Å². The smallest absolute Gasteiger partial charge is 0.335 e. The molecule has 1 fully saturated rings. The van der Waals surface area contributed by atoms with Crippen molar-refractivity contribution in [3.05, 3.63) is 63.9 Å². The van der Waals surface area contributed by atoms with E-state index < -0.39 is 35.6 Å². The maximum absolute atomic E-state index is 13.6. The lowest BCUT2D eigenvalue weighted by Gasteiger charge is -2.25. The van der Waals surface area contributed by atoms with Gasteiger partial charge in [0, 0.05) is 36.8 Å². The second kappa shape index (κ2) is 9.05. The minimum Gasteiger partial charge on any atom is -0.335 e. The lowest BCUT2D eigenvalue weighted by Crippen LogP contribution is -2.45. The Balaban J connectivity index is 1.50. The molecule has 1 aromatic heterocycles. The van der Waals surface area contributed by atoms with E-state index in [0.717, 1.165) is 6.20 Å². The summed E-state index contributed by atoms with van der Waals surface area (Å²) in [5.74, 6) is -2.74. The van der Waals surface area contributed by atoms with Gasteiger partial charge in [0.1, 0.15) is 0 Å². The molecule has 8 nitrogen and oxygen atoms in total. The van der Waals surface area contributed by atoms with Gasteiger partial charge < -0.3 is 10.2 Å². The molecule has 2 N–H and O–H groups in total. The molecule has 1 saturated heterocycles. The van der Waals surface area contributed by atoms with Crippen molar-refractivity contribution in [1.29, 1.82) is 0 Å². The van der Waals surface area contributed by atoms with Crippen molar-refractivity contribution in [2.45, 2.75) is 31.6 Å². The van der Waals surface area contributed by atoms with Gasteiger partial charge in [0.15, 0.2) is 6.04 Å². The number of alkyl halides is 3. The normalized spacial score (nSPS) is 19.0. The van der Waals surface area contributed by atoms with E-state index >= 15 is 0 Å². The molecule has 4 rings (SSSR count). The summed E-state index contributed by atoms with van der Waals surface area (Å²) < 4.78 is 40.9. The molecule has 2 aliphatic heterocycles. The van der Waals surface area contributed by atoms with Gasteiger partial charge in [0.05, 0.1) is 16.6 Å². The molecule has 0 saturated carbocycles. The van der Waals surface area contributed by atoms with Crippen LogP contribution < -0.4 is 10.6 Å². The first kappa shape index (κ1) is 23.7. The van der Waals surface area contributed by atoms with Crippen LogP contribution in [0.25, 0.3) is 0 Å². The number of amides is 4. The number of piperidine rings is 1. The molecular formula is C22H18ClF3N4O4. The number of hydrogen-bond donors (Lipinski definition) is 2. The molecule has 1 aromatic carbocycles. The summed E-state index contributed by atoms with van der Waals surface area (Å²) in [6.07, 6.45) is -3.22. The Labute approximate surface area is 196 Å². The topological polar surface area (TPSA) is 108 Å². The zero-order valence-electron chi connectivity index (χ0n) is 17.5. The largest absolute Gasteiger partial charge is 0.414 e. The van der Waals surface area contributed by atoms with Crippen LogP contribution in [0.5, 0.6) is 0 Å². The van der Waals surface area contributed by atoms with Crippen LogP contribution in [0.4, 0.5) is 13.2 Å². The van der Waals surface area contributed by atoms with Crippen LogP contribution in [0.2, 0.25) is 5.02 Å². The van der Waals surface area contributed by atoms with Crippen LogP contribution in [0, 0.1) is 5.92 Å². The molecular weight excluding hydrogens is 477 g/mol. The van der Waals surface area contributed by atoms with Crippen LogP contribution >= 0.6 is 11.6 Å². The van der Waals surface area contributed by atoms with Crippen molar-refractivity contribution in [3.8, 4) is 0 Å². The molecule has 0 spiro atoms. The Bertz CT molecular complexity index is 1190. The number of fused-ring (bicyclic) bond motifs is 1. The molecule has 2 aromatic rings. The quantitative estimate of drug-likeness (QED) is 0.621. The molecule has 2 aliphatic rings. The summed E-state index contributed by atoms with van der Waals surface area (Å²) in [7, 11) is 0. The fraction of sp³-hybridized carbons (Fsp3) is 0.318. The molecule has 2 atom stereocenters. The fourth-order valence-electron chi connectivity index (χ4n) is 3.98. The monoisotopic (exact) mass is 494 g/mol. The van der Waals surface area contributed by atoms with Crippen molar-refractivity contribution in [2.24, 2.45) is 5.92 Å². The number of nitrogens with one attached hydrogen (secondary N) is 2. The van der Waals surface area contributed by atoms with Crippen molar-refractivity contribution in [3.63, 3.8) is 0 Å². The number of pyridine rings is 1. The van der Waals surface area contributed by atoms with Gasteiger partial charge in [0.2, 0.25) is 11.8 Å². The standard InChI is InChI=1S/C22H18ClF3N4O4/c23-15-2-1-7-27-17(15)18(22(24,25)26)29-19(32)11-3-5-14-13(8-11)10-30(21(14)34)9-12-4-6-16(31)28-20(12)33/h1-3,5,7-8,12,18H,4,6,9-10H2,(H,29,32)(H,28,31,33)/t12?,18-/m1/s1. The number of benzene rings is 1. The summed E-state index contributed by atoms with van der Waals surface area (Å²) in [6, 6.07) is 4.17. The van der Waals surface area contributed by atoms with Gasteiger partial charge >= 0.3 is 6.18 Å².